The molecule has 0 aliphatic rings. The zero-order valence-corrected chi connectivity index (χ0v) is 14.1. The van der Waals surface area contributed by atoms with Crippen molar-refractivity contribution in [3.05, 3.63) is 69.0 Å². The molecule has 0 amide bonds. The molecule has 0 saturated heterocycles. The highest BCUT2D eigenvalue weighted by atomic mass is 79.9. The number of nitrogens with zero attached hydrogens (tertiary/aromatic N) is 2. The van der Waals surface area contributed by atoms with Crippen molar-refractivity contribution < 1.29 is 0 Å². The Balaban J connectivity index is 2.09. The number of pyridine rings is 2. The molecule has 0 radical (unpaired) electrons. The Morgan fingerprint density at radius 2 is 1.95 bits per heavy atom. The van der Waals surface area contributed by atoms with Crippen LogP contribution in [0, 0.1) is 0 Å². The van der Waals surface area contributed by atoms with Crippen molar-refractivity contribution in [3.8, 4) is 0 Å². The number of hydrazine groups is 1. The number of hydrogen-bond donors (Lipinski definition) is 2. The van der Waals surface area contributed by atoms with Crippen LogP contribution in [0.25, 0.3) is 10.9 Å². The molecule has 0 spiro atoms. The number of hydrogen-bond acceptors (Lipinski definition) is 4. The number of aromatic nitrogens is 2. The number of rotatable bonds is 3. The monoisotopic (exact) mass is 406 g/mol. The van der Waals surface area contributed by atoms with E-state index in [4.69, 9.17) is 5.84 Å². The standard InChI is InChI=1S/C15H12Br2N4/c16-11-7-12(17)15(20-8-11)14(21-18)10-3-4-13-9(6-10)2-1-5-19-13/h1-8,14,21H,18H2. The lowest BCUT2D eigenvalue weighted by Crippen LogP contribution is -2.29. The summed E-state index contributed by atoms with van der Waals surface area (Å²) in [5, 5.41) is 1.07. The van der Waals surface area contributed by atoms with E-state index in [1.807, 2.05) is 30.3 Å². The molecule has 3 aromatic rings. The molecule has 21 heavy (non-hydrogen) atoms. The first-order valence-electron chi connectivity index (χ1n) is 6.31. The molecule has 3 rings (SSSR count). The Morgan fingerprint density at radius 1 is 1.10 bits per heavy atom. The number of nitrogens with one attached hydrogen (secondary N) is 1. The van der Waals surface area contributed by atoms with Crippen LogP contribution in [0.4, 0.5) is 0 Å². The van der Waals surface area contributed by atoms with E-state index in [-0.39, 0.29) is 6.04 Å². The van der Waals surface area contributed by atoms with Gasteiger partial charge >= 0.3 is 0 Å². The average molecular weight is 408 g/mol. The van der Waals surface area contributed by atoms with Gasteiger partial charge in [-0.05, 0) is 61.7 Å². The van der Waals surface area contributed by atoms with Crippen molar-refractivity contribution in [2.45, 2.75) is 6.04 Å². The molecule has 3 N–H and O–H groups in total. The van der Waals surface area contributed by atoms with Crippen LogP contribution in [0.3, 0.4) is 0 Å². The van der Waals surface area contributed by atoms with Crippen LogP contribution in [-0.4, -0.2) is 9.97 Å². The molecular weight excluding hydrogens is 396 g/mol. The summed E-state index contributed by atoms with van der Waals surface area (Å²) in [5.74, 6) is 5.75. The van der Waals surface area contributed by atoms with Gasteiger partial charge in [-0.1, -0.05) is 12.1 Å². The first-order chi connectivity index (χ1) is 10.2. The van der Waals surface area contributed by atoms with Gasteiger partial charge in [-0.3, -0.25) is 15.8 Å². The van der Waals surface area contributed by atoms with E-state index in [9.17, 15) is 0 Å². The van der Waals surface area contributed by atoms with Crippen molar-refractivity contribution in [1.29, 1.82) is 0 Å². The quantitative estimate of drug-likeness (QED) is 0.513. The number of nitrogens with two attached hydrogens (primary N) is 1. The highest BCUT2D eigenvalue weighted by molar-refractivity contribution is 9.11. The smallest absolute Gasteiger partial charge is 0.0893 e. The fraction of sp³-hybridized carbons (Fsp3) is 0.0667. The lowest BCUT2D eigenvalue weighted by molar-refractivity contribution is 0.618. The third-order valence-corrected chi connectivity index (χ3v) is 4.31. The van der Waals surface area contributed by atoms with Gasteiger partial charge in [0.05, 0.1) is 17.3 Å². The lowest BCUT2D eigenvalue weighted by atomic mass is 10.0. The molecule has 1 unspecified atom stereocenters. The van der Waals surface area contributed by atoms with Crippen LogP contribution in [0.1, 0.15) is 17.3 Å². The van der Waals surface area contributed by atoms with Gasteiger partial charge in [0.25, 0.3) is 0 Å². The van der Waals surface area contributed by atoms with E-state index in [1.165, 1.54) is 0 Å². The summed E-state index contributed by atoms with van der Waals surface area (Å²) in [5.41, 5.74) is 5.66. The van der Waals surface area contributed by atoms with Crippen LogP contribution >= 0.6 is 31.9 Å². The minimum Gasteiger partial charge on any atom is -0.271 e. The summed E-state index contributed by atoms with van der Waals surface area (Å²) in [4.78, 5) is 8.78. The molecule has 0 aliphatic heterocycles. The van der Waals surface area contributed by atoms with Crippen molar-refractivity contribution >= 4 is 42.8 Å². The molecule has 106 valence electrons. The zero-order chi connectivity index (χ0) is 14.8. The Kier molecular flexibility index (Phi) is 4.30. The molecule has 0 bridgehead atoms. The number of fused-ring (bicyclic) bond motifs is 1. The maximum atomic E-state index is 5.75. The third kappa shape index (κ3) is 2.98. The van der Waals surface area contributed by atoms with Crippen LogP contribution < -0.4 is 11.3 Å². The van der Waals surface area contributed by atoms with Crippen LogP contribution in [0.15, 0.2) is 57.7 Å². The zero-order valence-electron chi connectivity index (χ0n) is 10.9. The molecule has 2 aromatic heterocycles. The first kappa shape index (κ1) is 14.6. The second-order valence-electron chi connectivity index (χ2n) is 4.58. The normalized spacial score (nSPS) is 12.5. The first-order valence-corrected chi connectivity index (χ1v) is 7.89. The highest BCUT2D eigenvalue weighted by Crippen LogP contribution is 2.29. The van der Waals surface area contributed by atoms with Gasteiger partial charge in [0.15, 0.2) is 0 Å². The van der Waals surface area contributed by atoms with Gasteiger partial charge in [0, 0.05) is 26.7 Å². The van der Waals surface area contributed by atoms with E-state index in [0.717, 1.165) is 31.1 Å². The Morgan fingerprint density at radius 3 is 2.71 bits per heavy atom. The summed E-state index contributed by atoms with van der Waals surface area (Å²) < 4.78 is 1.81. The Labute approximate surface area is 139 Å². The molecule has 4 nitrogen and oxygen atoms in total. The van der Waals surface area contributed by atoms with E-state index in [1.54, 1.807) is 12.4 Å². The van der Waals surface area contributed by atoms with E-state index in [0.29, 0.717) is 0 Å². The summed E-state index contributed by atoms with van der Waals surface area (Å²) in [6.45, 7) is 0. The predicted molar refractivity (Wildman–Crippen MR) is 90.5 cm³/mol. The van der Waals surface area contributed by atoms with E-state index in [2.05, 4.69) is 53.3 Å². The van der Waals surface area contributed by atoms with Gasteiger partial charge in [0.1, 0.15) is 0 Å². The third-order valence-electron chi connectivity index (χ3n) is 3.24. The number of halogens is 2. The van der Waals surface area contributed by atoms with Crippen molar-refractivity contribution in [1.82, 2.24) is 15.4 Å². The highest BCUT2D eigenvalue weighted by Gasteiger charge is 2.17. The topological polar surface area (TPSA) is 63.8 Å². The molecule has 0 aliphatic carbocycles. The van der Waals surface area contributed by atoms with Crippen LogP contribution in [0.5, 0.6) is 0 Å². The summed E-state index contributed by atoms with van der Waals surface area (Å²) in [6, 6.07) is 11.8. The van der Waals surface area contributed by atoms with Crippen LogP contribution in [-0.2, 0) is 0 Å². The molecule has 6 heteroatoms. The SMILES string of the molecule is NNC(c1ccc2ncccc2c1)c1ncc(Br)cc1Br. The van der Waals surface area contributed by atoms with Crippen LogP contribution in [0.2, 0.25) is 0 Å². The van der Waals surface area contributed by atoms with Gasteiger partial charge < -0.3 is 0 Å². The van der Waals surface area contributed by atoms with Crippen molar-refractivity contribution in [2.75, 3.05) is 0 Å². The van der Waals surface area contributed by atoms with Crippen molar-refractivity contribution in [3.63, 3.8) is 0 Å². The summed E-state index contributed by atoms with van der Waals surface area (Å²) in [6.07, 6.45) is 3.54. The molecule has 0 saturated carbocycles. The average Bonchev–Trinajstić information content (AvgIpc) is 2.50. The molecule has 1 aromatic carbocycles. The van der Waals surface area contributed by atoms with Gasteiger partial charge in [-0.25, -0.2) is 5.43 Å². The van der Waals surface area contributed by atoms with Gasteiger partial charge in [0.2, 0.25) is 0 Å². The predicted octanol–water partition coefficient (Wildman–Crippen LogP) is 3.71. The van der Waals surface area contributed by atoms with Gasteiger partial charge in [-0.15, -0.1) is 0 Å². The summed E-state index contributed by atoms with van der Waals surface area (Å²) >= 11 is 6.94. The van der Waals surface area contributed by atoms with Crippen molar-refractivity contribution in [2.24, 2.45) is 5.84 Å². The fourth-order valence-corrected chi connectivity index (χ4v) is 3.46. The van der Waals surface area contributed by atoms with Gasteiger partial charge in [-0.2, -0.15) is 0 Å². The summed E-state index contributed by atoms with van der Waals surface area (Å²) in [7, 11) is 0. The molecule has 0 fully saturated rings. The maximum Gasteiger partial charge on any atom is 0.0893 e. The van der Waals surface area contributed by atoms with E-state index < -0.39 is 0 Å². The molecule has 2 heterocycles. The Hall–Kier alpha value is -1.34. The minimum absolute atomic E-state index is 0.197. The maximum absolute atomic E-state index is 5.75. The van der Waals surface area contributed by atoms with E-state index >= 15 is 0 Å². The molecule has 1 atom stereocenters. The fourth-order valence-electron chi connectivity index (χ4n) is 2.24. The molecular formula is C15H12Br2N4. The second kappa shape index (κ2) is 6.19. The second-order valence-corrected chi connectivity index (χ2v) is 6.35. The Bertz CT molecular complexity index is 791. The number of benzene rings is 1. The largest absolute Gasteiger partial charge is 0.271 e. The lowest BCUT2D eigenvalue weighted by Gasteiger charge is -2.18. The minimum atomic E-state index is -0.197.